The van der Waals surface area contributed by atoms with Crippen LogP contribution in [0.3, 0.4) is 0 Å². The second-order valence-corrected chi connectivity index (χ2v) is 20.0. The molecule has 0 aromatic heterocycles. The number of aryl methyl sites for hydroxylation is 1. The van der Waals surface area contributed by atoms with Gasteiger partial charge in [-0.3, -0.25) is 14.4 Å². The molecule has 2 saturated heterocycles. The summed E-state index contributed by atoms with van der Waals surface area (Å²) in [6.07, 6.45) is -19.3. The maximum Gasteiger partial charge on any atom is 0.534 e. The van der Waals surface area contributed by atoms with Gasteiger partial charge in [0.2, 0.25) is 0 Å². The Bertz CT molecular complexity index is 3160. The standard InChI is InChI=1S/C49H49F3N2O22S/c1-17-11-25-31(38(61)28(17)44(65)53-18(2)45(66)70-5)30-23(14-24-32(39(30)62)35(58)22-12-21(13-26(55)29(22)34(24)57)76-77(68,69)49(50,51)52)36(59)42(25)74-47-41(64)43(75-46-40(63)37(60)27(56)16-71-46)33(19(3)73-47)54(4)48(67)72-15-20-9-7-6-8-10-20/h6-14,18-19,27,33,36-37,40-43,46-47,55-56,59-64H,15-16H2,1-5H3,(H,53,65)/t18-,19-,27-,33+,36+,37+,40-,41-,42+,43+,46+,47+/m1/s1. The fourth-order valence-electron chi connectivity index (χ4n) is 9.64. The number of likely N-dealkylation sites (N-methyl/N-ethyl adjacent to an activating group) is 1. The van der Waals surface area contributed by atoms with Gasteiger partial charge in [-0.2, -0.15) is 21.6 Å². The molecule has 9 N–H and O–H groups in total. The number of nitrogens with zero attached hydrogens (tertiary/aromatic N) is 1. The molecule has 0 saturated carbocycles. The van der Waals surface area contributed by atoms with Crippen LogP contribution in [-0.2, 0) is 49.9 Å². The Morgan fingerprint density at radius 3 is 2.13 bits per heavy atom. The third-order valence-corrected chi connectivity index (χ3v) is 14.4. The number of aromatic hydroxyl groups is 3. The van der Waals surface area contributed by atoms with E-state index in [0.717, 1.165) is 18.1 Å². The SMILES string of the molecule is COC(=O)[C@@H](C)NC(=O)c1c(C)cc2c(c1O)-c1c(cc3c(c1O)C(=O)c1cc(OS(=O)(=O)C(F)(F)F)cc(O)c1C3=O)[C@H](O)[C@H]2O[C@@H]1O[C@H](C)[C@H](N(C)C(=O)OCc2ccccc2)[C@H](O[C@@H]2OC[C@@H](O)[C@H](O)[C@H]2O)[C@H]1O. The highest BCUT2D eigenvalue weighted by Crippen LogP contribution is 2.57. The zero-order valence-corrected chi connectivity index (χ0v) is 41.6. The number of esters is 1. The van der Waals surface area contributed by atoms with E-state index in [9.17, 15) is 86.4 Å². The van der Waals surface area contributed by atoms with E-state index in [0.29, 0.717) is 17.7 Å². The number of carbonyl (C=O) groups excluding carboxylic acids is 5. The van der Waals surface area contributed by atoms with E-state index < -0.39 is 193 Å². The Labute approximate surface area is 433 Å². The van der Waals surface area contributed by atoms with Gasteiger partial charge in [-0.15, -0.1) is 0 Å². The van der Waals surface area contributed by atoms with Crippen molar-refractivity contribution in [2.75, 3.05) is 20.8 Å². The average molecular weight is 1110 g/mol. The van der Waals surface area contributed by atoms with Gasteiger partial charge in [-0.25, -0.2) is 9.59 Å². The van der Waals surface area contributed by atoms with Crippen molar-refractivity contribution in [2.45, 2.75) is 106 Å². The second-order valence-electron chi connectivity index (χ2n) is 18.4. The molecule has 4 aromatic carbocycles. The quantitative estimate of drug-likeness (QED) is 0.0488. The molecule has 2 amide bonds. The molecule has 4 aromatic rings. The van der Waals surface area contributed by atoms with Crippen LogP contribution in [0, 0.1) is 6.92 Å². The summed E-state index contributed by atoms with van der Waals surface area (Å²) in [6.45, 7) is 3.17. The molecule has 12 atom stereocenters. The molecule has 2 heterocycles. The third kappa shape index (κ3) is 10.1. The van der Waals surface area contributed by atoms with Crippen molar-refractivity contribution >= 4 is 39.7 Å². The zero-order valence-electron chi connectivity index (χ0n) is 40.8. The summed E-state index contributed by atoms with van der Waals surface area (Å²) in [6, 6.07) is 8.51. The number of phenols is 3. The Hall–Kier alpha value is -6.99. The summed E-state index contributed by atoms with van der Waals surface area (Å²) in [5, 5.41) is 94.0. The molecule has 8 rings (SSSR count). The number of hydrogen-bond acceptors (Lipinski definition) is 22. The molecule has 0 unspecified atom stereocenters. The molecule has 2 aliphatic carbocycles. The van der Waals surface area contributed by atoms with E-state index >= 15 is 0 Å². The highest BCUT2D eigenvalue weighted by Gasteiger charge is 2.54. The minimum atomic E-state index is -6.41. The summed E-state index contributed by atoms with van der Waals surface area (Å²) in [7, 11) is -4.10. The average Bonchev–Trinajstić information content (AvgIpc) is 3.39. The fourth-order valence-corrected chi connectivity index (χ4v) is 10.1. The largest absolute Gasteiger partial charge is 0.534 e. The maximum absolute atomic E-state index is 14.3. The minimum absolute atomic E-state index is 0.103. The summed E-state index contributed by atoms with van der Waals surface area (Å²) < 4.78 is 102. The number of halogens is 3. The van der Waals surface area contributed by atoms with E-state index in [-0.39, 0.29) is 17.7 Å². The van der Waals surface area contributed by atoms with Crippen LogP contribution in [0.4, 0.5) is 18.0 Å². The van der Waals surface area contributed by atoms with Crippen molar-refractivity contribution in [1.82, 2.24) is 10.2 Å². The van der Waals surface area contributed by atoms with Gasteiger partial charge >= 0.3 is 27.7 Å². The third-order valence-electron chi connectivity index (χ3n) is 13.4. The van der Waals surface area contributed by atoms with Crippen LogP contribution in [0.15, 0.2) is 54.6 Å². The van der Waals surface area contributed by atoms with E-state index in [4.69, 9.17) is 23.7 Å². The van der Waals surface area contributed by atoms with Crippen LogP contribution in [0.1, 0.15) is 90.5 Å². The van der Waals surface area contributed by atoms with E-state index in [1.165, 1.54) is 33.9 Å². The monoisotopic (exact) mass is 1110 g/mol. The van der Waals surface area contributed by atoms with Crippen LogP contribution in [-0.4, -0.2) is 171 Å². The zero-order chi connectivity index (χ0) is 56.5. The molecule has 0 bridgehead atoms. The molecule has 2 aliphatic heterocycles. The number of ether oxygens (including phenoxy) is 6. The van der Waals surface area contributed by atoms with Gasteiger partial charge in [0.05, 0.1) is 42.6 Å². The van der Waals surface area contributed by atoms with Gasteiger partial charge < -0.3 is 83.7 Å². The first-order chi connectivity index (χ1) is 36.1. The maximum atomic E-state index is 14.3. The number of amides is 2. The van der Waals surface area contributed by atoms with Crippen molar-refractivity contribution in [3.05, 3.63) is 105 Å². The van der Waals surface area contributed by atoms with E-state index in [1.54, 1.807) is 30.3 Å². The van der Waals surface area contributed by atoms with E-state index in [2.05, 4.69) is 14.2 Å². The molecular formula is C49H49F3N2O22S. The number of methoxy groups -OCH3 is 1. The molecule has 4 aliphatic rings. The van der Waals surface area contributed by atoms with Crippen LogP contribution in [0.25, 0.3) is 11.1 Å². The van der Waals surface area contributed by atoms with Crippen LogP contribution in [0.5, 0.6) is 23.0 Å². The summed E-state index contributed by atoms with van der Waals surface area (Å²) in [5.41, 5.74) is -11.8. The number of alkyl halides is 3. The Morgan fingerprint density at radius 2 is 1.48 bits per heavy atom. The number of hydrogen-bond donors (Lipinski definition) is 9. The first-order valence-electron chi connectivity index (χ1n) is 23.1. The Morgan fingerprint density at radius 1 is 0.844 bits per heavy atom. The molecule has 414 valence electrons. The van der Waals surface area contributed by atoms with Crippen molar-refractivity contribution in [1.29, 1.82) is 0 Å². The number of carbonyl (C=O) groups is 5. The van der Waals surface area contributed by atoms with Gasteiger partial charge in [-0.05, 0) is 55.2 Å². The number of benzene rings is 4. The molecule has 0 spiro atoms. The molecule has 24 nitrogen and oxygen atoms in total. The number of fused-ring (bicyclic) bond motifs is 5. The summed E-state index contributed by atoms with van der Waals surface area (Å²) >= 11 is 0. The number of aliphatic hydroxyl groups excluding tert-OH is 5. The van der Waals surface area contributed by atoms with Crippen molar-refractivity contribution in [2.24, 2.45) is 0 Å². The predicted molar refractivity (Wildman–Crippen MR) is 249 cm³/mol. The highest BCUT2D eigenvalue weighted by atomic mass is 32.2. The normalized spacial score (nSPS) is 26.3. The Balaban J connectivity index is 1.23. The molecule has 77 heavy (non-hydrogen) atoms. The predicted octanol–water partition coefficient (Wildman–Crippen LogP) is 1.75. The van der Waals surface area contributed by atoms with Gasteiger partial charge in [-0.1, -0.05) is 36.4 Å². The lowest BCUT2D eigenvalue weighted by atomic mass is 9.74. The smallest absolute Gasteiger partial charge is 0.507 e. The lowest BCUT2D eigenvalue weighted by molar-refractivity contribution is -0.344. The van der Waals surface area contributed by atoms with Gasteiger partial charge in [0.15, 0.2) is 24.1 Å². The van der Waals surface area contributed by atoms with Gasteiger partial charge in [0.25, 0.3) is 5.91 Å². The Kier molecular flexibility index (Phi) is 15.4. The highest BCUT2D eigenvalue weighted by molar-refractivity contribution is 7.88. The van der Waals surface area contributed by atoms with Crippen molar-refractivity contribution < 1.29 is 119 Å². The van der Waals surface area contributed by atoms with Gasteiger partial charge in [0.1, 0.15) is 78.4 Å². The van der Waals surface area contributed by atoms with Crippen molar-refractivity contribution in [3.63, 3.8) is 0 Å². The topological polar surface area (TPSA) is 361 Å². The lowest BCUT2D eigenvalue weighted by Crippen LogP contribution is -2.66. The lowest BCUT2D eigenvalue weighted by Gasteiger charge is -2.49. The first kappa shape index (κ1) is 56.2. The second kappa shape index (κ2) is 21.1. The minimum Gasteiger partial charge on any atom is -0.507 e. The number of nitrogens with one attached hydrogen (secondary N) is 1. The molecule has 0 radical (unpaired) electrons. The number of ketones is 2. The number of rotatable bonds is 12. The summed E-state index contributed by atoms with van der Waals surface area (Å²) in [4.78, 5) is 69.5. The first-order valence-corrected chi connectivity index (χ1v) is 24.5. The number of aliphatic hydroxyl groups is 5. The molecule has 2 fully saturated rings. The van der Waals surface area contributed by atoms with Crippen LogP contribution < -0.4 is 9.50 Å². The van der Waals surface area contributed by atoms with Crippen LogP contribution >= 0.6 is 0 Å². The number of phenolic OH excluding ortho intramolecular Hbond substituents is 3. The summed E-state index contributed by atoms with van der Waals surface area (Å²) in [5.74, 6) is -9.57. The van der Waals surface area contributed by atoms with E-state index in [1.807, 2.05) is 0 Å². The fraction of sp³-hybridized carbons (Fsp3) is 0.408. The van der Waals surface area contributed by atoms with Crippen molar-refractivity contribution in [3.8, 4) is 34.1 Å². The molecular weight excluding hydrogens is 1060 g/mol. The van der Waals surface area contributed by atoms with Crippen LogP contribution in [0.2, 0.25) is 0 Å². The molecule has 28 heteroatoms. The van der Waals surface area contributed by atoms with Gasteiger partial charge in [0, 0.05) is 35.4 Å².